The lowest BCUT2D eigenvalue weighted by Crippen LogP contribution is -2.40. The highest BCUT2D eigenvalue weighted by atomic mass is 19.1. The Morgan fingerprint density at radius 3 is 2.67 bits per heavy atom. The molecule has 33 heavy (non-hydrogen) atoms. The molecule has 3 heterocycles. The minimum absolute atomic E-state index is 0.169. The van der Waals surface area contributed by atoms with Crippen LogP contribution in [0.1, 0.15) is 18.4 Å². The van der Waals surface area contributed by atoms with Crippen molar-refractivity contribution in [2.24, 2.45) is 5.73 Å². The summed E-state index contributed by atoms with van der Waals surface area (Å²) in [5.74, 6) is 1.41. The van der Waals surface area contributed by atoms with Gasteiger partial charge in [0, 0.05) is 37.0 Å². The summed E-state index contributed by atoms with van der Waals surface area (Å²) in [7, 11) is 1.63. The highest BCUT2D eigenvalue weighted by molar-refractivity contribution is 5.95. The van der Waals surface area contributed by atoms with Gasteiger partial charge in [0.1, 0.15) is 23.2 Å². The Hall–Kier alpha value is -3.65. The molecule has 4 aromatic rings. The zero-order chi connectivity index (χ0) is 23.1. The maximum absolute atomic E-state index is 14.3. The zero-order valence-corrected chi connectivity index (χ0v) is 18.7. The summed E-state index contributed by atoms with van der Waals surface area (Å²) >= 11 is 0. The van der Waals surface area contributed by atoms with Gasteiger partial charge in [-0.2, -0.15) is 0 Å². The zero-order valence-electron chi connectivity index (χ0n) is 18.7. The van der Waals surface area contributed by atoms with Crippen molar-refractivity contribution in [3.8, 4) is 28.3 Å². The first-order valence-electron chi connectivity index (χ1n) is 11.0. The summed E-state index contributed by atoms with van der Waals surface area (Å²) in [5.41, 5.74) is 18.3. The Morgan fingerprint density at radius 2 is 1.94 bits per heavy atom. The van der Waals surface area contributed by atoms with Gasteiger partial charge in [0.15, 0.2) is 0 Å². The number of H-pyrrole nitrogens is 1. The number of fused-ring (bicyclic) bond motifs is 1. The number of nitrogens with two attached hydrogens (primary N) is 2. The quantitative estimate of drug-likeness (QED) is 0.433. The maximum Gasteiger partial charge on any atom is 0.144 e. The van der Waals surface area contributed by atoms with Crippen LogP contribution in [0.5, 0.6) is 5.75 Å². The molecule has 0 amide bonds. The third kappa shape index (κ3) is 3.98. The maximum atomic E-state index is 14.3. The molecule has 1 aliphatic heterocycles. The van der Waals surface area contributed by atoms with Crippen LogP contribution in [0.2, 0.25) is 0 Å². The molecule has 1 aliphatic rings. The molecule has 0 aliphatic carbocycles. The monoisotopic (exact) mass is 446 g/mol. The molecule has 8 heteroatoms. The first-order chi connectivity index (χ1) is 15.9. The number of aryl methyl sites for hydroxylation is 1. The van der Waals surface area contributed by atoms with Crippen molar-refractivity contribution in [2.45, 2.75) is 25.8 Å². The first-order valence-corrected chi connectivity index (χ1v) is 11.0. The van der Waals surface area contributed by atoms with Gasteiger partial charge >= 0.3 is 0 Å². The fourth-order valence-electron chi connectivity index (χ4n) is 4.53. The average molecular weight is 447 g/mol. The van der Waals surface area contributed by atoms with Crippen LogP contribution in [-0.2, 0) is 0 Å². The van der Waals surface area contributed by atoms with E-state index >= 15 is 0 Å². The van der Waals surface area contributed by atoms with Gasteiger partial charge < -0.3 is 26.1 Å². The molecule has 0 radical (unpaired) electrons. The second kappa shape index (κ2) is 8.37. The predicted octanol–water partition coefficient (Wildman–Crippen LogP) is 4.26. The third-order valence-corrected chi connectivity index (χ3v) is 6.22. The van der Waals surface area contributed by atoms with Crippen LogP contribution in [0.4, 0.5) is 15.9 Å². The smallest absolute Gasteiger partial charge is 0.144 e. The number of aromatic nitrogens is 3. The minimum atomic E-state index is -0.286. The standard InChI is InChI=1S/C25H27FN6O/c1-14-9-15(11-16(26)10-14)19-13-29-24(28)22(23(19)32-7-5-17(27)6-8-32)25-30-20-4-3-18(33-2)12-21(20)31-25/h3-4,9-13,17H,5-8,27H2,1-2H3,(H2,28,29)(H,30,31). The van der Waals surface area contributed by atoms with Crippen molar-refractivity contribution in [3.05, 3.63) is 54.0 Å². The second-order valence-corrected chi connectivity index (χ2v) is 8.59. The van der Waals surface area contributed by atoms with Gasteiger partial charge in [0.2, 0.25) is 0 Å². The molecule has 170 valence electrons. The number of halogens is 1. The van der Waals surface area contributed by atoms with E-state index in [1.165, 1.54) is 12.1 Å². The lowest BCUT2D eigenvalue weighted by Gasteiger charge is -2.34. The average Bonchev–Trinajstić information content (AvgIpc) is 3.21. The van der Waals surface area contributed by atoms with Gasteiger partial charge in [-0.15, -0.1) is 0 Å². The highest BCUT2D eigenvalue weighted by Gasteiger charge is 2.26. The lowest BCUT2D eigenvalue weighted by molar-refractivity contribution is 0.415. The summed E-state index contributed by atoms with van der Waals surface area (Å²) in [6.45, 7) is 3.42. The first kappa shape index (κ1) is 21.2. The van der Waals surface area contributed by atoms with E-state index in [1.807, 2.05) is 31.2 Å². The van der Waals surface area contributed by atoms with Gasteiger partial charge in [0.25, 0.3) is 0 Å². The van der Waals surface area contributed by atoms with Crippen LogP contribution in [0, 0.1) is 12.7 Å². The molecule has 0 bridgehead atoms. The van der Waals surface area contributed by atoms with E-state index in [1.54, 1.807) is 13.3 Å². The molecule has 0 unspecified atom stereocenters. The van der Waals surface area contributed by atoms with Crippen LogP contribution < -0.4 is 21.1 Å². The van der Waals surface area contributed by atoms with Crippen LogP contribution in [0.15, 0.2) is 42.6 Å². The molecule has 2 aromatic heterocycles. The molecule has 1 saturated heterocycles. The third-order valence-electron chi connectivity index (χ3n) is 6.22. The van der Waals surface area contributed by atoms with E-state index in [0.717, 1.165) is 65.1 Å². The van der Waals surface area contributed by atoms with Crippen molar-refractivity contribution < 1.29 is 9.13 Å². The van der Waals surface area contributed by atoms with Crippen molar-refractivity contribution >= 4 is 22.5 Å². The van der Waals surface area contributed by atoms with E-state index < -0.39 is 0 Å². The van der Waals surface area contributed by atoms with Crippen LogP contribution in [-0.4, -0.2) is 41.2 Å². The van der Waals surface area contributed by atoms with Gasteiger partial charge in [-0.25, -0.2) is 14.4 Å². The van der Waals surface area contributed by atoms with Crippen molar-refractivity contribution in [2.75, 3.05) is 30.8 Å². The second-order valence-electron chi connectivity index (χ2n) is 8.59. The number of nitrogens with one attached hydrogen (secondary N) is 1. The Labute approximate surface area is 191 Å². The Bertz CT molecular complexity index is 1310. The van der Waals surface area contributed by atoms with E-state index in [0.29, 0.717) is 17.2 Å². The summed E-state index contributed by atoms with van der Waals surface area (Å²) in [6, 6.07) is 10.9. The number of rotatable bonds is 4. The molecular weight excluding hydrogens is 419 g/mol. The normalized spacial score (nSPS) is 14.7. The van der Waals surface area contributed by atoms with E-state index in [-0.39, 0.29) is 11.9 Å². The van der Waals surface area contributed by atoms with Crippen LogP contribution in [0.3, 0.4) is 0 Å². The summed E-state index contributed by atoms with van der Waals surface area (Å²) in [4.78, 5) is 14.9. The number of nitrogen functional groups attached to an aromatic ring is 1. The van der Waals surface area contributed by atoms with Crippen LogP contribution in [0.25, 0.3) is 33.5 Å². The molecule has 1 fully saturated rings. The topological polar surface area (TPSA) is 106 Å². The van der Waals surface area contributed by atoms with E-state index in [2.05, 4.69) is 14.9 Å². The lowest BCUT2D eigenvalue weighted by atomic mass is 9.97. The van der Waals surface area contributed by atoms with E-state index in [9.17, 15) is 4.39 Å². The number of ether oxygens (including phenoxy) is 1. The van der Waals surface area contributed by atoms with Crippen molar-refractivity contribution in [3.63, 3.8) is 0 Å². The Balaban J connectivity index is 1.74. The number of hydrogen-bond donors (Lipinski definition) is 3. The van der Waals surface area contributed by atoms with E-state index in [4.69, 9.17) is 21.2 Å². The minimum Gasteiger partial charge on any atom is -0.497 e. The molecule has 0 spiro atoms. The summed E-state index contributed by atoms with van der Waals surface area (Å²) in [5, 5.41) is 0. The number of piperidine rings is 1. The number of hydrogen-bond acceptors (Lipinski definition) is 6. The van der Waals surface area contributed by atoms with Gasteiger partial charge in [-0.1, -0.05) is 6.07 Å². The predicted molar refractivity (Wildman–Crippen MR) is 130 cm³/mol. The summed E-state index contributed by atoms with van der Waals surface area (Å²) < 4.78 is 19.7. The molecule has 5 N–H and O–H groups in total. The number of imidazole rings is 1. The number of nitrogens with zero attached hydrogens (tertiary/aromatic N) is 3. The molecule has 2 aromatic carbocycles. The van der Waals surface area contributed by atoms with Crippen molar-refractivity contribution in [1.29, 1.82) is 0 Å². The molecule has 0 atom stereocenters. The fraction of sp³-hybridized carbons (Fsp3) is 0.280. The number of benzene rings is 2. The van der Waals surface area contributed by atoms with Gasteiger partial charge in [-0.05, 0) is 55.2 Å². The Kier molecular flexibility index (Phi) is 5.38. The number of aromatic amines is 1. The molecule has 0 saturated carbocycles. The van der Waals surface area contributed by atoms with Gasteiger partial charge in [0.05, 0.1) is 29.4 Å². The largest absolute Gasteiger partial charge is 0.497 e. The Morgan fingerprint density at radius 1 is 1.15 bits per heavy atom. The number of anilines is 2. The fourth-order valence-corrected chi connectivity index (χ4v) is 4.53. The summed E-state index contributed by atoms with van der Waals surface area (Å²) in [6.07, 6.45) is 3.45. The SMILES string of the molecule is COc1ccc2[nH]c(-c3c(N)ncc(-c4cc(C)cc(F)c4)c3N3CCC(N)CC3)nc2c1. The molecule has 7 nitrogen and oxygen atoms in total. The van der Waals surface area contributed by atoms with Crippen molar-refractivity contribution in [1.82, 2.24) is 15.0 Å². The number of methoxy groups -OCH3 is 1. The molecular formula is C25H27FN6O. The van der Waals surface area contributed by atoms with Gasteiger partial charge in [-0.3, -0.25) is 0 Å². The highest BCUT2D eigenvalue weighted by Crippen LogP contribution is 2.43. The van der Waals surface area contributed by atoms with Crippen LogP contribution >= 0.6 is 0 Å². The molecule has 5 rings (SSSR count). The number of pyridine rings is 1.